The summed E-state index contributed by atoms with van der Waals surface area (Å²) >= 11 is 7.30. The summed E-state index contributed by atoms with van der Waals surface area (Å²) < 4.78 is 15.2. The molecule has 156 valence electrons. The highest BCUT2D eigenvalue weighted by Gasteiger charge is 2.16. The summed E-state index contributed by atoms with van der Waals surface area (Å²) in [6.07, 6.45) is 2.85. The summed E-state index contributed by atoms with van der Waals surface area (Å²) in [4.78, 5) is 38.0. The average Bonchev–Trinajstić information content (AvgIpc) is 2.77. The van der Waals surface area contributed by atoms with Gasteiger partial charge in [-0.25, -0.2) is 19.3 Å². The number of aromatic nitrogens is 4. The van der Waals surface area contributed by atoms with E-state index in [4.69, 9.17) is 11.6 Å². The number of amides is 1. The molecule has 0 aliphatic heterocycles. The van der Waals surface area contributed by atoms with Gasteiger partial charge >= 0.3 is 0 Å². The molecule has 7 nitrogen and oxygen atoms in total. The summed E-state index contributed by atoms with van der Waals surface area (Å²) in [7, 11) is 0. The van der Waals surface area contributed by atoms with E-state index in [9.17, 15) is 14.0 Å². The number of hydrogen-bond donors (Lipinski definition) is 1. The van der Waals surface area contributed by atoms with Crippen LogP contribution in [0.25, 0.3) is 11.2 Å². The number of rotatable bonds is 6. The van der Waals surface area contributed by atoms with Crippen LogP contribution in [0.4, 0.5) is 10.1 Å². The van der Waals surface area contributed by atoms with E-state index in [1.165, 1.54) is 35.2 Å². The minimum Gasteiger partial charge on any atom is -0.323 e. The van der Waals surface area contributed by atoms with Gasteiger partial charge in [0.2, 0.25) is 5.91 Å². The van der Waals surface area contributed by atoms with Crippen LogP contribution in [-0.2, 0) is 11.3 Å². The van der Waals surface area contributed by atoms with Crippen LogP contribution in [0.1, 0.15) is 5.56 Å². The molecule has 0 unspecified atom stereocenters. The van der Waals surface area contributed by atoms with Crippen molar-refractivity contribution in [1.29, 1.82) is 0 Å². The second-order valence-corrected chi connectivity index (χ2v) is 7.77. The van der Waals surface area contributed by atoms with Crippen molar-refractivity contribution in [3.8, 4) is 0 Å². The smallest absolute Gasteiger partial charge is 0.282 e. The Balaban J connectivity index is 1.64. The minimum atomic E-state index is -0.532. The Morgan fingerprint density at radius 2 is 1.84 bits per heavy atom. The number of nitrogens with one attached hydrogen (secondary N) is 1. The first-order chi connectivity index (χ1) is 15.0. The Bertz CT molecular complexity index is 1330. The molecule has 0 aliphatic rings. The lowest BCUT2D eigenvalue weighted by molar-refractivity contribution is -0.113. The van der Waals surface area contributed by atoms with E-state index in [0.717, 1.165) is 11.8 Å². The zero-order chi connectivity index (χ0) is 21.8. The fraction of sp³-hybridized carbons (Fsp3) is 0.0952. The van der Waals surface area contributed by atoms with Crippen molar-refractivity contribution in [2.24, 2.45) is 0 Å². The van der Waals surface area contributed by atoms with Crippen LogP contribution in [0.15, 0.2) is 70.9 Å². The molecule has 0 atom stereocenters. The molecule has 0 bridgehead atoms. The fourth-order valence-electron chi connectivity index (χ4n) is 2.85. The third kappa shape index (κ3) is 4.73. The van der Waals surface area contributed by atoms with Crippen molar-refractivity contribution in [1.82, 2.24) is 19.5 Å². The van der Waals surface area contributed by atoms with E-state index in [1.807, 2.05) is 6.07 Å². The Morgan fingerprint density at radius 3 is 2.65 bits per heavy atom. The van der Waals surface area contributed by atoms with E-state index in [1.54, 1.807) is 24.3 Å². The summed E-state index contributed by atoms with van der Waals surface area (Å²) in [5.74, 6) is -1.06. The van der Waals surface area contributed by atoms with Crippen molar-refractivity contribution in [2.75, 3.05) is 11.1 Å². The molecular weight excluding hydrogens is 441 g/mol. The Labute approximate surface area is 185 Å². The van der Waals surface area contributed by atoms with Gasteiger partial charge in [-0.15, -0.1) is 0 Å². The van der Waals surface area contributed by atoms with Gasteiger partial charge in [-0.3, -0.25) is 14.2 Å². The lowest BCUT2D eigenvalue weighted by Gasteiger charge is -2.13. The fourth-order valence-corrected chi connectivity index (χ4v) is 3.84. The molecule has 0 radical (unpaired) electrons. The minimum absolute atomic E-state index is 0.0823. The molecule has 2 aromatic heterocycles. The zero-order valence-corrected chi connectivity index (χ0v) is 17.5. The van der Waals surface area contributed by atoms with Crippen molar-refractivity contribution in [3.63, 3.8) is 0 Å². The van der Waals surface area contributed by atoms with Crippen molar-refractivity contribution in [3.05, 3.63) is 87.7 Å². The number of thioether (sulfide) groups is 1. The number of hydrogen-bond acceptors (Lipinski definition) is 6. The van der Waals surface area contributed by atoms with Gasteiger partial charge in [-0.05, 0) is 23.8 Å². The van der Waals surface area contributed by atoms with E-state index < -0.39 is 17.3 Å². The maximum Gasteiger partial charge on any atom is 0.282 e. The molecule has 0 aliphatic carbocycles. The maximum absolute atomic E-state index is 13.8. The third-order valence-electron chi connectivity index (χ3n) is 4.33. The number of halogens is 2. The summed E-state index contributed by atoms with van der Waals surface area (Å²) in [5, 5.41) is 3.29. The van der Waals surface area contributed by atoms with Gasteiger partial charge in [-0.1, -0.05) is 53.7 Å². The standard InChI is InChI=1S/C21H15ClFN5O2S/c22-14-6-2-1-5-13(14)11-28-20(30)18-19(25-10-9-24-18)27-21(28)31-12-17(29)26-16-8-4-3-7-15(16)23/h1-10H,11-12H2,(H,26,29). The first kappa shape index (κ1) is 21.0. The molecule has 0 fully saturated rings. The maximum atomic E-state index is 13.8. The molecule has 4 aromatic rings. The van der Waals surface area contributed by atoms with Gasteiger partial charge in [0, 0.05) is 17.4 Å². The lowest BCUT2D eigenvalue weighted by atomic mass is 10.2. The normalized spacial score (nSPS) is 10.9. The van der Waals surface area contributed by atoms with E-state index >= 15 is 0 Å². The Morgan fingerprint density at radius 1 is 1.10 bits per heavy atom. The number of nitrogens with zero attached hydrogens (tertiary/aromatic N) is 4. The Hall–Kier alpha value is -3.30. The van der Waals surface area contributed by atoms with Gasteiger partial charge in [0.25, 0.3) is 5.56 Å². The molecule has 0 spiro atoms. The number of benzene rings is 2. The van der Waals surface area contributed by atoms with Gasteiger partial charge in [-0.2, -0.15) is 0 Å². The van der Waals surface area contributed by atoms with Gasteiger partial charge in [0.05, 0.1) is 18.0 Å². The number of para-hydroxylation sites is 1. The van der Waals surface area contributed by atoms with Crippen molar-refractivity contribution >= 4 is 46.1 Å². The van der Waals surface area contributed by atoms with Crippen molar-refractivity contribution in [2.45, 2.75) is 11.7 Å². The predicted octanol–water partition coefficient (Wildman–Crippen LogP) is 3.76. The van der Waals surface area contributed by atoms with Crippen LogP contribution in [0.2, 0.25) is 5.02 Å². The molecule has 2 heterocycles. The molecule has 2 aromatic carbocycles. The molecule has 31 heavy (non-hydrogen) atoms. The van der Waals surface area contributed by atoms with Crippen LogP contribution in [0, 0.1) is 5.82 Å². The van der Waals surface area contributed by atoms with Crippen molar-refractivity contribution < 1.29 is 9.18 Å². The third-order valence-corrected chi connectivity index (χ3v) is 5.67. The lowest BCUT2D eigenvalue weighted by Crippen LogP contribution is -2.26. The number of carbonyl (C=O) groups excluding carboxylic acids is 1. The van der Waals surface area contributed by atoms with Crippen LogP contribution in [-0.4, -0.2) is 31.2 Å². The largest absolute Gasteiger partial charge is 0.323 e. The van der Waals surface area contributed by atoms with Gasteiger partial charge < -0.3 is 5.32 Å². The molecule has 1 amide bonds. The summed E-state index contributed by atoms with van der Waals surface area (Å²) in [6.45, 7) is 0.148. The molecule has 1 N–H and O–H groups in total. The highest BCUT2D eigenvalue weighted by molar-refractivity contribution is 7.99. The van der Waals surface area contributed by atoms with E-state index in [0.29, 0.717) is 10.6 Å². The predicted molar refractivity (Wildman–Crippen MR) is 118 cm³/mol. The first-order valence-corrected chi connectivity index (χ1v) is 10.5. The molecule has 0 saturated heterocycles. The zero-order valence-electron chi connectivity index (χ0n) is 16.0. The number of carbonyl (C=O) groups is 1. The first-order valence-electron chi connectivity index (χ1n) is 9.15. The quantitative estimate of drug-likeness (QED) is 0.352. The van der Waals surface area contributed by atoms with Crippen LogP contribution in [0.5, 0.6) is 0 Å². The van der Waals surface area contributed by atoms with Crippen LogP contribution in [0.3, 0.4) is 0 Å². The van der Waals surface area contributed by atoms with Crippen LogP contribution >= 0.6 is 23.4 Å². The second kappa shape index (κ2) is 9.23. The van der Waals surface area contributed by atoms with Crippen LogP contribution < -0.4 is 10.9 Å². The molecule has 0 saturated carbocycles. The van der Waals surface area contributed by atoms with E-state index in [-0.39, 0.29) is 34.3 Å². The monoisotopic (exact) mass is 455 g/mol. The SMILES string of the molecule is O=C(CSc1nc2nccnc2c(=O)n1Cc1ccccc1Cl)Nc1ccccc1F. The highest BCUT2D eigenvalue weighted by atomic mass is 35.5. The topological polar surface area (TPSA) is 89.8 Å². The van der Waals surface area contributed by atoms with Gasteiger partial charge in [0.1, 0.15) is 5.82 Å². The number of anilines is 1. The second-order valence-electron chi connectivity index (χ2n) is 6.42. The Kier molecular flexibility index (Phi) is 6.24. The molecule has 10 heteroatoms. The molecular formula is C21H15ClFN5O2S. The average molecular weight is 456 g/mol. The van der Waals surface area contributed by atoms with Gasteiger partial charge in [0.15, 0.2) is 16.3 Å². The summed E-state index contributed by atoms with van der Waals surface area (Å²) in [6, 6.07) is 13.0. The summed E-state index contributed by atoms with van der Waals surface area (Å²) in [5.41, 5.74) is 0.706. The molecule has 4 rings (SSSR count). The highest BCUT2D eigenvalue weighted by Crippen LogP contribution is 2.21. The number of fused-ring (bicyclic) bond motifs is 1. The van der Waals surface area contributed by atoms with E-state index in [2.05, 4.69) is 20.3 Å².